The van der Waals surface area contributed by atoms with E-state index in [-0.39, 0.29) is 11.8 Å². The largest absolute Gasteiger partial charge is 0.352 e. The summed E-state index contributed by atoms with van der Waals surface area (Å²) < 4.78 is 0. The number of hydrogen-bond donors (Lipinski definition) is 2. The Balaban J connectivity index is 1.88. The highest BCUT2D eigenvalue weighted by Gasteiger charge is 2.20. The molecule has 0 saturated carbocycles. The Labute approximate surface area is 113 Å². The van der Waals surface area contributed by atoms with Crippen LogP contribution in [0.4, 0.5) is 0 Å². The summed E-state index contributed by atoms with van der Waals surface area (Å²) in [6.45, 7) is 2.49. The van der Waals surface area contributed by atoms with Crippen molar-refractivity contribution < 1.29 is 4.79 Å². The Bertz CT molecular complexity index is 403. The number of thioether (sulfide) groups is 1. The molecule has 0 radical (unpaired) electrons. The zero-order valence-electron chi connectivity index (χ0n) is 10.7. The van der Waals surface area contributed by atoms with Crippen molar-refractivity contribution in [3.8, 4) is 0 Å². The van der Waals surface area contributed by atoms with Crippen LogP contribution in [0, 0.1) is 5.92 Å². The number of rotatable bonds is 4. The Hall–Kier alpha value is -1.00. The molecule has 2 N–H and O–H groups in total. The van der Waals surface area contributed by atoms with Crippen molar-refractivity contribution in [1.29, 1.82) is 0 Å². The van der Waals surface area contributed by atoms with E-state index in [2.05, 4.69) is 29.0 Å². The Morgan fingerprint density at radius 2 is 2.33 bits per heavy atom. The van der Waals surface area contributed by atoms with Gasteiger partial charge in [-0.3, -0.25) is 4.79 Å². The first-order chi connectivity index (χ1) is 8.81. The molecule has 3 nitrogen and oxygen atoms in total. The van der Waals surface area contributed by atoms with E-state index >= 15 is 0 Å². The Morgan fingerprint density at radius 1 is 1.50 bits per heavy atom. The quantitative estimate of drug-likeness (QED) is 0.818. The average molecular weight is 264 g/mol. The van der Waals surface area contributed by atoms with Gasteiger partial charge in [-0.25, -0.2) is 0 Å². The summed E-state index contributed by atoms with van der Waals surface area (Å²) in [7, 11) is 0. The molecule has 1 saturated heterocycles. The minimum Gasteiger partial charge on any atom is -0.352 e. The highest BCUT2D eigenvalue weighted by atomic mass is 32.2. The Morgan fingerprint density at radius 3 is 3.06 bits per heavy atom. The van der Waals surface area contributed by atoms with Crippen LogP contribution in [0.1, 0.15) is 18.4 Å². The maximum Gasteiger partial charge on any atom is 0.224 e. The normalized spacial score (nSPS) is 19.5. The Kier molecular flexibility index (Phi) is 5.08. The first-order valence-electron chi connectivity index (χ1n) is 6.41. The number of benzene rings is 1. The van der Waals surface area contributed by atoms with Crippen molar-refractivity contribution in [3.63, 3.8) is 0 Å². The molecule has 0 aliphatic carbocycles. The van der Waals surface area contributed by atoms with Crippen molar-refractivity contribution in [2.75, 3.05) is 19.3 Å². The molecule has 1 unspecified atom stereocenters. The van der Waals surface area contributed by atoms with Gasteiger partial charge in [0.2, 0.25) is 5.91 Å². The highest BCUT2D eigenvalue weighted by Crippen LogP contribution is 2.19. The third-order valence-corrected chi connectivity index (χ3v) is 4.15. The monoisotopic (exact) mass is 264 g/mol. The molecule has 1 aromatic rings. The van der Waals surface area contributed by atoms with Crippen LogP contribution in [0.2, 0.25) is 0 Å². The molecule has 0 bridgehead atoms. The number of piperidine rings is 1. The topological polar surface area (TPSA) is 41.1 Å². The smallest absolute Gasteiger partial charge is 0.224 e. The van der Waals surface area contributed by atoms with Gasteiger partial charge >= 0.3 is 0 Å². The molecular weight excluding hydrogens is 244 g/mol. The summed E-state index contributed by atoms with van der Waals surface area (Å²) in [6, 6.07) is 8.21. The van der Waals surface area contributed by atoms with Crippen molar-refractivity contribution in [2.45, 2.75) is 24.3 Å². The summed E-state index contributed by atoms with van der Waals surface area (Å²) in [5.74, 6) is 0.318. The van der Waals surface area contributed by atoms with Gasteiger partial charge in [-0.05, 0) is 37.3 Å². The van der Waals surface area contributed by atoms with Gasteiger partial charge in [-0.1, -0.05) is 18.2 Å². The van der Waals surface area contributed by atoms with E-state index in [9.17, 15) is 4.79 Å². The van der Waals surface area contributed by atoms with Gasteiger partial charge in [0, 0.05) is 18.0 Å². The van der Waals surface area contributed by atoms with E-state index in [4.69, 9.17) is 0 Å². The van der Waals surface area contributed by atoms with Gasteiger partial charge in [-0.2, -0.15) is 0 Å². The lowest BCUT2D eigenvalue weighted by atomic mass is 9.99. The van der Waals surface area contributed by atoms with E-state index < -0.39 is 0 Å². The van der Waals surface area contributed by atoms with Crippen LogP contribution in [-0.2, 0) is 11.3 Å². The fourth-order valence-electron chi connectivity index (χ4n) is 2.25. The number of carbonyl (C=O) groups is 1. The van der Waals surface area contributed by atoms with Crippen molar-refractivity contribution in [1.82, 2.24) is 10.6 Å². The molecule has 1 aromatic carbocycles. The molecule has 1 atom stereocenters. The predicted molar refractivity (Wildman–Crippen MR) is 75.7 cm³/mol. The highest BCUT2D eigenvalue weighted by molar-refractivity contribution is 7.98. The number of carbonyl (C=O) groups excluding carboxylic acids is 1. The summed E-state index contributed by atoms with van der Waals surface area (Å²) in [4.78, 5) is 13.2. The van der Waals surface area contributed by atoms with Gasteiger partial charge < -0.3 is 10.6 Å². The lowest BCUT2D eigenvalue weighted by molar-refractivity contribution is -0.125. The van der Waals surface area contributed by atoms with Crippen LogP contribution in [0.15, 0.2) is 29.2 Å². The van der Waals surface area contributed by atoms with Gasteiger partial charge in [0.25, 0.3) is 0 Å². The second-order valence-corrected chi connectivity index (χ2v) is 5.42. The standard InChI is InChI=1S/C14H20N2OS/c1-18-13-7-3-2-5-11(13)10-16-14(17)12-6-4-8-15-9-12/h2-3,5,7,12,15H,4,6,8-10H2,1H3,(H,16,17). The van der Waals surface area contributed by atoms with Gasteiger partial charge in [0.1, 0.15) is 0 Å². The minimum absolute atomic E-state index is 0.139. The maximum atomic E-state index is 12.0. The third kappa shape index (κ3) is 3.50. The molecule has 98 valence electrons. The van der Waals surface area contributed by atoms with Gasteiger partial charge in [0.05, 0.1) is 5.92 Å². The van der Waals surface area contributed by atoms with Crippen molar-refractivity contribution in [3.05, 3.63) is 29.8 Å². The summed E-state index contributed by atoms with van der Waals surface area (Å²) in [5.41, 5.74) is 1.20. The molecule has 0 spiro atoms. The zero-order valence-corrected chi connectivity index (χ0v) is 11.6. The maximum absolute atomic E-state index is 12.0. The lowest BCUT2D eigenvalue weighted by Gasteiger charge is -2.22. The van der Waals surface area contributed by atoms with E-state index in [1.165, 1.54) is 10.5 Å². The molecule has 18 heavy (non-hydrogen) atoms. The molecule has 1 amide bonds. The molecule has 1 fully saturated rings. The molecule has 0 aromatic heterocycles. The van der Waals surface area contributed by atoms with E-state index in [1.807, 2.05) is 12.1 Å². The second-order valence-electron chi connectivity index (χ2n) is 4.57. The predicted octanol–water partition coefficient (Wildman–Crippen LogP) is 2.02. The zero-order chi connectivity index (χ0) is 12.8. The van der Waals surface area contributed by atoms with Crippen LogP contribution in [-0.4, -0.2) is 25.3 Å². The third-order valence-electron chi connectivity index (χ3n) is 3.31. The fraction of sp³-hybridized carbons (Fsp3) is 0.500. The van der Waals surface area contributed by atoms with Crippen LogP contribution >= 0.6 is 11.8 Å². The first-order valence-corrected chi connectivity index (χ1v) is 7.64. The molecule has 4 heteroatoms. The number of hydrogen-bond acceptors (Lipinski definition) is 3. The van der Waals surface area contributed by atoms with E-state index in [0.29, 0.717) is 6.54 Å². The summed E-state index contributed by atoms with van der Waals surface area (Å²) in [6.07, 6.45) is 4.16. The van der Waals surface area contributed by atoms with E-state index in [0.717, 1.165) is 25.9 Å². The lowest BCUT2D eigenvalue weighted by Crippen LogP contribution is -2.40. The first kappa shape index (κ1) is 13.4. The number of nitrogens with one attached hydrogen (secondary N) is 2. The molecular formula is C14H20N2OS. The van der Waals surface area contributed by atoms with Crippen LogP contribution in [0.25, 0.3) is 0 Å². The number of amides is 1. The van der Waals surface area contributed by atoms with Gasteiger partial charge in [0.15, 0.2) is 0 Å². The van der Waals surface area contributed by atoms with E-state index in [1.54, 1.807) is 11.8 Å². The minimum atomic E-state index is 0.139. The second kappa shape index (κ2) is 6.81. The molecule has 1 aliphatic heterocycles. The fourth-order valence-corrected chi connectivity index (χ4v) is 2.87. The van der Waals surface area contributed by atoms with Crippen molar-refractivity contribution in [2.24, 2.45) is 5.92 Å². The average Bonchev–Trinajstić information content (AvgIpc) is 2.46. The van der Waals surface area contributed by atoms with Crippen molar-refractivity contribution >= 4 is 17.7 Å². The summed E-state index contributed by atoms with van der Waals surface area (Å²) >= 11 is 1.72. The molecule has 1 aliphatic rings. The van der Waals surface area contributed by atoms with Crippen LogP contribution < -0.4 is 10.6 Å². The molecule has 2 rings (SSSR count). The van der Waals surface area contributed by atoms with Crippen LogP contribution in [0.5, 0.6) is 0 Å². The summed E-state index contributed by atoms with van der Waals surface area (Å²) in [5, 5.41) is 6.32. The van der Waals surface area contributed by atoms with Crippen LogP contribution in [0.3, 0.4) is 0 Å². The van der Waals surface area contributed by atoms with Gasteiger partial charge in [-0.15, -0.1) is 11.8 Å². The SMILES string of the molecule is CSc1ccccc1CNC(=O)C1CCCNC1. The molecule has 1 heterocycles.